The molecule has 13 heavy (non-hydrogen) atoms. The van der Waals surface area contributed by atoms with Crippen LogP contribution >= 0.6 is 0 Å². The van der Waals surface area contributed by atoms with Gasteiger partial charge in [0.05, 0.1) is 6.04 Å². The van der Waals surface area contributed by atoms with Crippen LogP contribution in [0.1, 0.15) is 32.6 Å². The van der Waals surface area contributed by atoms with Gasteiger partial charge in [0.25, 0.3) is 0 Å². The molecule has 0 bridgehead atoms. The van der Waals surface area contributed by atoms with Crippen LogP contribution in [0.4, 0.5) is 0 Å². The van der Waals surface area contributed by atoms with Gasteiger partial charge in [0.15, 0.2) is 0 Å². The average molecular weight is 184 g/mol. The van der Waals surface area contributed by atoms with Crippen molar-refractivity contribution in [2.75, 3.05) is 14.1 Å². The van der Waals surface area contributed by atoms with Crippen LogP contribution in [0.5, 0.6) is 0 Å². The Hall–Kier alpha value is -0.570. The lowest BCUT2D eigenvalue weighted by molar-refractivity contribution is -0.125. The van der Waals surface area contributed by atoms with Crippen LogP contribution in [-0.4, -0.2) is 37.0 Å². The predicted octanol–water partition coefficient (Wildman–Crippen LogP) is 0.995. The van der Waals surface area contributed by atoms with Crippen LogP contribution in [0.2, 0.25) is 0 Å². The first kappa shape index (κ1) is 10.5. The summed E-state index contributed by atoms with van der Waals surface area (Å²) in [6.07, 6.45) is 4.85. The Morgan fingerprint density at radius 1 is 1.38 bits per heavy atom. The summed E-state index contributed by atoms with van der Waals surface area (Å²) in [5.41, 5.74) is 0. The van der Waals surface area contributed by atoms with Crippen LogP contribution in [0.15, 0.2) is 0 Å². The maximum Gasteiger partial charge on any atom is 0.237 e. The second-order valence-corrected chi connectivity index (χ2v) is 4.13. The van der Waals surface area contributed by atoms with Gasteiger partial charge >= 0.3 is 0 Å². The highest BCUT2D eigenvalue weighted by molar-refractivity contribution is 5.81. The largest absolute Gasteiger partial charge is 0.352 e. The number of hydrogen-bond donors (Lipinski definition) is 1. The van der Waals surface area contributed by atoms with Crippen molar-refractivity contribution in [2.45, 2.75) is 44.7 Å². The second kappa shape index (κ2) is 4.61. The van der Waals surface area contributed by atoms with E-state index in [1.54, 1.807) is 0 Å². The molecule has 1 unspecified atom stereocenters. The molecule has 0 aliphatic heterocycles. The van der Waals surface area contributed by atoms with E-state index in [2.05, 4.69) is 5.32 Å². The van der Waals surface area contributed by atoms with Gasteiger partial charge in [-0.15, -0.1) is 0 Å². The van der Waals surface area contributed by atoms with E-state index in [9.17, 15) is 4.79 Å². The van der Waals surface area contributed by atoms with E-state index in [0.29, 0.717) is 6.04 Å². The van der Waals surface area contributed by atoms with Crippen molar-refractivity contribution in [3.8, 4) is 0 Å². The average Bonchev–Trinajstić information content (AvgIpc) is 2.55. The van der Waals surface area contributed by atoms with Crippen molar-refractivity contribution in [1.29, 1.82) is 0 Å². The molecule has 1 fully saturated rings. The molecule has 1 rings (SSSR count). The highest BCUT2D eigenvalue weighted by Crippen LogP contribution is 2.17. The zero-order valence-corrected chi connectivity index (χ0v) is 8.84. The van der Waals surface area contributed by atoms with Crippen LogP contribution < -0.4 is 5.32 Å². The van der Waals surface area contributed by atoms with Crippen molar-refractivity contribution in [2.24, 2.45) is 0 Å². The molecule has 0 radical (unpaired) electrons. The maximum atomic E-state index is 11.6. The van der Waals surface area contributed by atoms with Crippen molar-refractivity contribution in [1.82, 2.24) is 10.2 Å². The summed E-state index contributed by atoms with van der Waals surface area (Å²) in [5.74, 6) is 0.164. The molecule has 0 saturated heterocycles. The SMILES string of the molecule is CC(C(=O)NC1CCCC1)N(C)C. The minimum atomic E-state index is -0.0133. The lowest BCUT2D eigenvalue weighted by atomic mass is 10.2. The minimum absolute atomic E-state index is 0.0133. The number of carbonyl (C=O) groups is 1. The Bertz CT molecular complexity index is 174. The first-order valence-electron chi connectivity index (χ1n) is 5.08. The first-order valence-corrected chi connectivity index (χ1v) is 5.08. The van der Waals surface area contributed by atoms with Gasteiger partial charge in [-0.3, -0.25) is 9.69 Å². The summed E-state index contributed by atoms with van der Waals surface area (Å²) in [5, 5.41) is 3.08. The Morgan fingerprint density at radius 3 is 2.38 bits per heavy atom. The predicted molar refractivity (Wildman–Crippen MR) is 53.5 cm³/mol. The van der Waals surface area contributed by atoms with E-state index in [4.69, 9.17) is 0 Å². The topological polar surface area (TPSA) is 32.3 Å². The molecule has 1 aliphatic carbocycles. The smallest absolute Gasteiger partial charge is 0.237 e. The Labute approximate surface area is 80.5 Å². The van der Waals surface area contributed by atoms with Crippen LogP contribution in [0.25, 0.3) is 0 Å². The summed E-state index contributed by atoms with van der Waals surface area (Å²) in [6.45, 7) is 1.93. The first-order chi connectivity index (χ1) is 6.11. The zero-order valence-electron chi connectivity index (χ0n) is 8.84. The quantitative estimate of drug-likeness (QED) is 0.709. The zero-order chi connectivity index (χ0) is 9.84. The van der Waals surface area contributed by atoms with E-state index < -0.39 is 0 Å². The number of hydrogen-bond acceptors (Lipinski definition) is 2. The number of carbonyl (C=O) groups excluding carboxylic acids is 1. The fraction of sp³-hybridized carbons (Fsp3) is 0.900. The van der Waals surface area contributed by atoms with E-state index in [0.717, 1.165) is 12.8 Å². The second-order valence-electron chi connectivity index (χ2n) is 4.13. The number of nitrogens with one attached hydrogen (secondary N) is 1. The molecular formula is C10H20N2O. The summed E-state index contributed by atoms with van der Waals surface area (Å²) in [6, 6.07) is 0.426. The van der Waals surface area contributed by atoms with Gasteiger partial charge in [0, 0.05) is 6.04 Å². The third kappa shape index (κ3) is 2.99. The van der Waals surface area contributed by atoms with Gasteiger partial charge < -0.3 is 5.32 Å². The van der Waals surface area contributed by atoms with Crippen LogP contribution in [0.3, 0.4) is 0 Å². The number of amides is 1. The maximum absolute atomic E-state index is 11.6. The highest BCUT2D eigenvalue weighted by atomic mass is 16.2. The molecule has 1 atom stereocenters. The summed E-state index contributed by atoms with van der Waals surface area (Å²) >= 11 is 0. The number of nitrogens with zero attached hydrogens (tertiary/aromatic N) is 1. The molecule has 1 saturated carbocycles. The van der Waals surface area contributed by atoms with E-state index in [-0.39, 0.29) is 11.9 Å². The molecule has 1 N–H and O–H groups in total. The molecule has 0 spiro atoms. The molecular weight excluding hydrogens is 164 g/mol. The van der Waals surface area contributed by atoms with E-state index in [1.165, 1.54) is 12.8 Å². The number of rotatable bonds is 3. The summed E-state index contributed by atoms with van der Waals surface area (Å²) in [4.78, 5) is 13.5. The van der Waals surface area contributed by atoms with Gasteiger partial charge in [-0.1, -0.05) is 12.8 Å². The lowest BCUT2D eigenvalue weighted by Gasteiger charge is -2.21. The molecule has 0 aromatic heterocycles. The Balaban J connectivity index is 2.31. The van der Waals surface area contributed by atoms with Crippen LogP contribution in [0, 0.1) is 0 Å². The standard InChI is InChI=1S/C10H20N2O/c1-8(12(2)3)10(13)11-9-6-4-5-7-9/h8-9H,4-7H2,1-3H3,(H,11,13). The molecule has 0 aromatic carbocycles. The molecule has 1 amide bonds. The molecule has 0 heterocycles. The van der Waals surface area contributed by atoms with Gasteiger partial charge in [-0.25, -0.2) is 0 Å². The van der Waals surface area contributed by atoms with E-state index in [1.807, 2.05) is 25.9 Å². The van der Waals surface area contributed by atoms with Gasteiger partial charge in [-0.05, 0) is 33.9 Å². The minimum Gasteiger partial charge on any atom is -0.352 e. The van der Waals surface area contributed by atoms with Gasteiger partial charge in [0.2, 0.25) is 5.91 Å². The third-order valence-corrected chi connectivity index (χ3v) is 2.86. The normalized spacial score (nSPS) is 20.6. The highest BCUT2D eigenvalue weighted by Gasteiger charge is 2.21. The molecule has 76 valence electrons. The van der Waals surface area contributed by atoms with Crippen molar-refractivity contribution in [3.05, 3.63) is 0 Å². The molecule has 1 aliphatic rings. The van der Waals surface area contributed by atoms with Crippen LogP contribution in [-0.2, 0) is 4.79 Å². The van der Waals surface area contributed by atoms with Crippen molar-refractivity contribution >= 4 is 5.91 Å². The summed E-state index contributed by atoms with van der Waals surface area (Å²) in [7, 11) is 3.86. The fourth-order valence-electron chi connectivity index (χ4n) is 1.63. The van der Waals surface area contributed by atoms with Crippen molar-refractivity contribution < 1.29 is 4.79 Å². The molecule has 3 heteroatoms. The Kier molecular flexibility index (Phi) is 3.72. The fourth-order valence-corrected chi connectivity index (χ4v) is 1.63. The van der Waals surface area contributed by atoms with Gasteiger partial charge in [-0.2, -0.15) is 0 Å². The summed E-state index contributed by atoms with van der Waals surface area (Å²) < 4.78 is 0. The Morgan fingerprint density at radius 2 is 1.92 bits per heavy atom. The number of likely N-dealkylation sites (N-methyl/N-ethyl adjacent to an activating group) is 1. The van der Waals surface area contributed by atoms with Gasteiger partial charge in [0.1, 0.15) is 0 Å². The molecule has 3 nitrogen and oxygen atoms in total. The van der Waals surface area contributed by atoms with Crippen molar-refractivity contribution in [3.63, 3.8) is 0 Å². The molecule has 0 aromatic rings. The van der Waals surface area contributed by atoms with E-state index >= 15 is 0 Å². The lowest BCUT2D eigenvalue weighted by Crippen LogP contribution is -2.44. The monoisotopic (exact) mass is 184 g/mol. The third-order valence-electron chi connectivity index (χ3n) is 2.86.